The van der Waals surface area contributed by atoms with E-state index < -0.39 is 11.7 Å². The summed E-state index contributed by atoms with van der Waals surface area (Å²) in [5.74, 6) is 0. The molecule has 2 N–H and O–H groups in total. The van der Waals surface area contributed by atoms with E-state index in [1.807, 2.05) is 30.3 Å². The minimum atomic E-state index is -0.756. The highest BCUT2D eigenvalue weighted by Gasteiger charge is 2.23. The summed E-state index contributed by atoms with van der Waals surface area (Å²) in [5, 5.41) is 10.1. The fourth-order valence-corrected chi connectivity index (χ4v) is 1.35. The molecule has 0 unspecified atom stereocenters. The van der Waals surface area contributed by atoms with Crippen LogP contribution in [-0.2, 0) is 10.3 Å². The molecule has 0 saturated carbocycles. The number of nitrogens with two attached hydrogens (primary N) is 1. The normalized spacial score (nSPS) is 10.0. The molecule has 0 atom stereocenters. The van der Waals surface area contributed by atoms with Gasteiger partial charge in [-0.25, -0.2) is 4.79 Å². The number of amides is 1. The Morgan fingerprint density at radius 1 is 1.11 bits per heavy atom. The van der Waals surface area contributed by atoms with Gasteiger partial charge in [-0.1, -0.05) is 30.3 Å². The molecule has 0 spiro atoms. The Morgan fingerprint density at radius 3 is 2.05 bits per heavy atom. The number of hydrogen-bond donors (Lipinski definition) is 1. The molecule has 6 nitrogen and oxygen atoms in total. The number of carbonyl (C=O) groups is 1. The second-order valence-electron chi connectivity index (χ2n) is 4.11. The van der Waals surface area contributed by atoms with Crippen molar-refractivity contribution in [2.45, 2.75) is 19.4 Å². The van der Waals surface area contributed by atoms with Gasteiger partial charge < -0.3 is 10.5 Å². The molecule has 1 heterocycles. The molecule has 1 aromatic heterocycles. The predicted octanol–water partition coefficient (Wildman–Crippen LogP) is 1.89. The van der Waals surface area contributed by atoms with Crippen LogP contribution in [0.4, 0.5) is 4.79 Å². The van der Waals surface area contributed by atoms with Gasteiger partial charge in [0.05, 0.1) is 12.4 Å². The Kier molecular flexibility index (Phi) is 5.40. The SMILES string of the molecule is CC(C)(OC(N)=O)c1ccccc1.c1cnnnc1. The molecule has 0 saturated heterocycles. The summed E-state index contributed by atoms with van der Waals surface area (Å²) in [6.45, 7) is 3.60. The van der Waals surface area contributed by atoms with Crippen LogP contribution in [-0.4, -0.2) is 21.5 Å². The molecular weight excluding hydrogens is 244 g/mol. The fourth-order valence-electron chi connectivity index (χ4n) is 1.35. The van der Waals surface area contributed by atoms with Gasteiger partial charge in [0, 0.05) is 0 Å². The van der Waals surface area contributed by atoms with Crippen molar-refractivity contribution < 1.29 is 9.53 Å². The van der Waals surface area contributed by atoms with E-state index in [2.05, 4.69) is 15.4 Å². The average Bonchev–Trinajstić information content (AvgIpc) is 2.41. The third-order valence-corrected chi connectivity index (χ3v) is 2.23. The quantitative estimate of drug-likeness (QED) is 0.890. The minimum Gasteiger partial charge on any atom is -0.439 e. The van der Waals surface area contributed by atoms with E-state index in [9.17, 15) is 4.79 Å². The lowest BCUT2D eigenvalue weighted by Gasteiger charge is -2.24. The third kappa shape index (κ3) is 5.58. The van der Waals surface area contributed by atoms with Gasteiger partial charge in [-0.3, -0.25) is 0 Å². The first-order chi connectivity index (χ1) is 9.02. The largest absolute Gasteiger partial charge is 0.439 e. The van der Waals surface area contributed by atoms with Crippen molar-refractivity contribution in [1.29, 1.82) is 0 Å². The number of primary amides is 1. The van der Waals surface area contributed by atoms with Crippen molar-refractivity contribution in [2.24, 2.45) is 5.73 Å². The van der Waals surface area contributed by atoms with Crippen molar-refractivity contribution >= 4 is 6.09 Å². The summed E-state index contributed by atoms with van der Waals surface area (Å²) >= 11 is 0. The zero-order chi connectivity index (χ0) is 14.1. The van der Waals surface area contributed by atoms with Crippen LogP contribution >= 0.6 is 0 Å². The molecule has 0 aliphatic carbocycles. The summed E-state index contributed by atoms with van der Waals surface area (Å²) in [4.78, 5) is 10.6. The maximum atomic E-state index is 10.6. The lowest BCUT2D eigenvalue weighted by Crippen LogP contribution is -2.28. The Hall–Kier alpha value is -2.50. The number of ether oxygens (including phenoxy) is 1. The molecule has 1 aromatic carbocycles. The number of aromatic nitrogens is 3. The van der Waals surface area contributed by atoms with Crippen molar-refractivity contribution in [2.75, 3.05) is 0 Å². The van der Waals surface area contributed by atoms with Crippen LogP contribution in [0.5, 0.6) is 0 Å². The maximum absolute atomic E-state index is 10.6. The van der Waals surface area contributed by atoms with E-state index in [4.69, 9.17) is 10.5 Å². The molecule has 2 rings (SSSR count). The van der Waals surface area contributed by atoms with Gasteiger partial charge in [-0.15, -0.1) is 10.2 Å². The van der Waals surface area contributed by atoms with Gasteiger partial charge in [-0.2, -0.15) is 0 Å². The van der Waals surface area contributed by atoms with Crippen molar-refractivity contribution in [3.8, 4) is 0 Å². The first-order valence-electron chi connectivity index (χ1n) is 5.64. The third-order valence-electron chi connectivity index (χ3n) is 2.23. The number of carbonyl (C=O) groups excluding carboxylic acids is 1. The number of rotatable bonds is 2. The molecular formula is C13H16N4O2. The monoisotopic (exact) mass is 260 g/mol. The lowest BCUT2D eigenvalue weighted by atomic mass is 9.98. The average molecular weight is 260 g/mol. The summed E-state index contributed by atoms with van der Waals surface area (Å²) in [7, 11) is 0. The first-order valence-corrected chi connectivity index (χ1v) is 5.64. The Morgan fingerprint density at radius 2 is 1.68 bits per heavy atom. The van der Waals surface area contributed by atoms with Gasteiger partial charge in [0.1, 0.15) is 5.60 Å². The van der Waals surface area contributed by atoms with E-state index in [1.54, 1.807) is 32.3 Å². The molecule has 2 aromatic rings. The maximum Gasteiger partial charge on any atom is 0.405 e. The summed E-state index contributed by atoms with van der Waals surface area (Å²) in [6, 6.07) is 11.2. The van der Waals surface area contributed by atoms with Crippen LogP contribution < -0.4 is 5.73 Å². The zero-order valence-corrected chi connectivity index (χ0v) is 10.9. The molecule has 100 valence electrons. The summed E-state index contributed by atoms with van der Waals surface area (Å²) in [6.07, 6.45) is 2.40. The van der Waals surface area contributed by atoms with E-state index in [0.29, 0.717) is 0 Å². The second-order valence-corrected chi connectivity index (χ2v) is 4.11. The van der Waals surface area contributed by atoms with Crippen LogP contribution in [0.3, 0.4) is 0 Å². The van der Waals surface area contributed by atoms with Crippen molar-refractivity contribution in [3.05, 3.63) is 54.4 Å². The van der Waals surface area contributed by atoms with Crippen LogP contribution in [0, 0.1) is 0 Å². The van der Waals surface area contributed by atoms with Gasteiger partial charge >= 0.3 is 6.09 Å². The fraction of sp³-hybridized carbons (Fsp3) is 0.231. The van der Waals surface area contributed by atoms with Crippen LogP contribution in [0.1, 0.15) is 19.4 Å². The molecule has 0 bridgehead atoms. The van der Waals surface area contributed by atoms with Crippen LogP contribution in [0.25, 0.3) is 0 Å². The minimum absolute atomic E-state index is 0.660. The van der Waals surface area contributed by atoms with E-state index >= 15 is 0 Å². The standard InChI is InChI=1S/C10H13NO2.C3H3N3/c1-10(2,13-9(11)12)8-6-4-3-5-7-8;1-2-4-6-5-3-1/h3-7H,1-2H3,(H2,11,12);1-3H. The smallest absolute Gasteiger partial charge is 0.405 e. The van der Waals surface area contributed by atoms with Crippen molar-refractivity contribution in [1.82, 2.24) is 15.4 Å². The molecule has 0 aliphatic rings. The summed E-state index contributed by atoms with van der Waals surface area (Å²) in [5.41, 5.74) is 5.22. The molecule has 0 aliphatic heterocycles. The van der Waals surface area contributed by atoms with Crippen molar-refractivity contribution in [3.63, 3.8) is 0 Å². The van der Waals surface area contributed by atoms with Crippen LogP contribution in [0.15, 0.2) is 48.8 Å². The highest BCUT2D eigenvalue weighted by Crippen LogP contribution is 2.23. The van der Waals surface area contributed by atoms with Gasteiger partial charge in [0.2, 0.25) is 0 Å². The van der Waals surface area contributed by atoms with E-state index in [-0.39, 0.29) is 0 Å². The Balaban J connectivity index is 0.000000250. The van der Waals surface area contributed by atoms with Gasteiger partial charge in [-0.05, 0) is 30.7 Å². The molecule has 1 amide bonds. The van der Waals surface area contributed by atoms with E-state index in [0.717, 1.165) is 5.56 Å². The number of nitrogens with zero attached hydrogens (tertiary/aromatic N) is 3. The zero-order valence-electron chi connectivity index (χ0n) is 10.9. The molecule has 0 radical (unpaired) electrons. The second kappa shape index (κ2) is 7.05. The highest BCUT2D eigenvalue weighted by molar-refractivity contribution is 5.65. The predicted molar refractivity (Wildman–Crippen MR) is 70.0 cm³/mol. The van der Waals surface area contributed by atoms with Gasteiger partial charge in [0.25, 0.3) is 0 Å². The topological polar surface area (TPSA) is 91.0 Å². The number of benzene rings is 1. The molecule has 6 heteroatoms. The number of hydrogen-bond acceptors (Lipinski definition) is 5. The lowest BCUT2D eigenvalue weighted by molar-refractivity contribution is 0.0432. The highest BCUT2D eigenvalue weighted by atomic mass is 16.6. The Bertz CT molecular complexity index is 462. The van der Waals surface area contributed by atoms with E-state index in [1.165, 1.54) is 0 Å². The molecule has 19 heavy (non-hydrogen) atoms. The van der Waals surface area contributed by atoms with Gasteiger partial charge in [0.15, 0.2) is 0 Å². The summed E-state index contributed by atoms with van der Waals surface area (Å²) < 4.78 is 4.96. The first kappa shape index (κ1) is 14.6. The van der Waals surface area contributed by atoms with Crippen LogP contribution in [0.2, 0.25) is 0 Å². The Labute approximate surface area is 111 Å². The molecule has 0 fully saturated rings.